The predicted molar refractivity (Wildman–Crippen MR) is 84.8 cm³/mol. The number of carbonyl (C=O) groups is 1. The van der Waals surface area contributed by atoms with Gasteiger partial charge in [0.2, 0.25) is 0 Å². The highest BCUT2D eigenvalue weighted by Gasteiger charge is 2.24. The maximum Gasteiger partial charge on any atom is 0.254 e. The van der Waals surface area contributed by atoms with Crippen molar-refractivity contribution in [1.29, 1.82) is 0 Å². The van der Waals surface area contributed by atoms with Gasteiger partial charge in [0, 0.05) is 31.2 Å². The fraction of sp³-hybridized carbons (Fsp3) is 0.500. The number of nitrogens with one attached hydrogen (secondary N) is 1. The number of piperazine rings is 1. The summed E-state index contributed by atoms with van der Waals surface area (Å²) in [5.74, 6) is 0.0224. The minimum Gasteiger partial charge on any atom is -0.333 e. The Kier molecular flexibility index (Phi) is 6.19. The zero-order valence-electron chi connectivity index (χ0n) is 12.2. The van der Waals surface area contributed by atoms with Crippen molar-refractivity contribution < 1.29 is 13.2 Å². The van der Waals surface area contributed by atoms with Crippen molar-refractivity contribution in [3.63, 3.8) is 0 Å². The van der Waals surface area contributed by atoms with Crippen molar-refractivity contribution >= 4 is 28.2 Å². The molecule has 2 rings (SSSR count). The second-order valence-electron chi connectivity index (χ2n) is 4.98. The third-order valence-electron chi connectivity index (χ3n) is 3.60. The molecule has 7 heteroatoms. The Labute approximate surface area is 132 Å². The summed E-state index contributed by atoms with van der Waals surface area (Å²) in [6.45, 7) is 5.86. The van der Waals surface area contributed by atoms with Crippen molar-refractivity contribution in [2.75, 3.05) is 25.4 Å². The molecule has 0 spiro atoms. The first-order chi connectivity index (χ1) is 9.45. The van der Waals surface area contributed by atoms with Gasteiger partial charge in [-0.15, -0.1) is 12.4 Å². The summed E-state index contributed by atoms with van der Waals surface area (Å²) >= 11 is 0. The second kappa shape index (κ2) is 7.24. The van der Waals surface area contributed by atoms with Crippen LogP contribution in [0.1, 0.15) is 24.2 Å². The van der Waals surface area contributed by atoms with Crippen LogP contribution in [0, 0.1) is 0 Å². The van der Waals surface area contributed by atoms with Crippen LogP contribution in [-0.2, 0) is 9.84 Å². The molecular formula is C14H21ClN2O3S. The van der Waals surface area contributed by atoms with E-state index in [1.807, 2.05) is 11.8 Å². The molecule has 1 aromatic carbocycles. The highest BCUT2D eigenvalue weighted by molar-refractivity contribution is 7.91. The maximum absolute atomic E-state index is 12.4. The number of carbonyl (C=O) groups excluding carboxylic acids is 1. The summed E-state index contributed by atoms with van der Waals surface area (Å²) in [5.41, 5.74) is 0.536. The Balaban J connectivity index is 0.00000220. The van der Waals surface area contributed by atoms with Crippen LogP contribution in [0.4, 0.5) is 0 Å². The SMILES string of the molecule is CCS(=O)(=O)c1ccc(C(=O)N2CCNCC2C)cc1.Cl. The standard InChI is InChI=1S/C14H20N2O3S.ClH/c1-3-20(18,19)13-6-4-12(5-7-13)14(17)16-9-8-15-10-11(16)2;/h4-7,11,15H,3,8-10H2,1-2H3;1H. The van der Waals surface area contributed by atoms with Crippen LogP contribution in [0.3, 0.4) is 0 Å². The molecule has 0 bridgehead atoms. The van der Waals surface area contributed by atoms with E-state index in [1.165, 1.54) is 12.1 Å². The smallest absolute Gasteiger partial charge is 0.254 e. The van der Waals surface area contributed by atoms with Crippen LogP contribution in [0.15, 0.2) is 29.2 Å². The minimum absolute atomic E-state index is 0. The Morgan fingerprint density at radius 1 is 1.33 bits per heavy atom. The predicted octanol–water partition coefficient (Wildman–Crippen LogP) is 1.34. The Bertz CT molecular complexity index is 587. The normalized spacial score (nSPS) is 19.0. The van der Waals surface area contributed by atoms with E-state index < -0.39 is 9.84 Å². The molecule has 5 nitrogen and oxygen atoms in total. The molecule has 1 amide bonds. The molecule has 0 saturated carbocycles. The number of hydrogen-bond acceptors (Lipinski definition) is 4. The second-order valence-corrected chi connectivity index (χ2v) is 7.26. The molecule has 0 aliphatic carbocycles. The average Bonchev–Trinajstić information content (AvgIpc) is 2.47. The van der Waals surface area contributed by atoms with Gasteiger partial charge in [-0.05, 0) is 31.2 Å². The maximum atomic E-state index is 12.4. The van der Waals surface area contributed by atoms with E-state index in [4.69, 9.17) is 0 Å². The molecule has 1 aliphatic heterocycles. The van der Waals surface area contributed by atoms with Gasteiger partial charge in [-0.25, -0.2) is 8.42 Å². The molecule has 1 N–H and O–H groups in total. The molecule has 1 aromatic rings. The van der Waals surface area contributed by atoms with Gasteiger partial charge in [0.1, 0.15) is 0 Å². The van der Waals surface area contributed by atoms with Crippen molar-refractivity contribution in [3.8, 4) is 0 Å². The largest absolute Gasteiger partial charge is 0.333 e. The lowest BCUT2D eigenvalue weighted by molar-refractivity contribution is 0.0655. The molecule has 0 radical (unpaired) electrons. The van der Waals surface area contributed by atoms with Gasteiger partial charge in [-0.3, -0.25) is 4.79 Å². The summed E-state index contributed by atoms with van der Waals surface area (Å²) in [6.07, 6.45) is 0. The number of amides is 1. The van der Waals surface area contributed by atoms with E-state index in [1.54, 1.807) is 19.1 Å². The Hall–Kier alpha value is -1.11. The van der Waals surface area contributed by atoms with E-state index in [9.17, 15) is 13.2 Å². The van der Waals surface area contributed by atoms with E-state index in [-0.39, 0.29) is 35.0 Å². The molecule has 118 valence electrons. The number of benzene rings is 1. The first-order valence-corrected chi connectivity index (χ1v) is 8.45. The van der Waals surface area contributed by atoms with Gasteiger partial charge in [-0.2, -0.15) is 0 Å². The topological polar surface area (TPSA) is 66.5 Å². The van der Waals surface area contributed by atoms with Crippen molar-refractivity contribution in [3.05, 3.63) is 29.8 Å². The zero-order valence-corrected chi connectivity index (χ0v) is 13.8. The monoisotopic (exact) mass is 332 g/mol. The van der Waals surface area contributed by atoms with Crippen molar-refractivity contribution in [2.24, 2.45) is 0 Å². The highest BCUT2D eigenvalue weighted by Crippen LogP contribution is 2.15. The van der Waals surface area contributed by atoms with Crippen LogP contribution in [0.2, 0.25) is 0 Å². The lowest BCUT2D eigenvalue weighted by Gasteiger charge is -2.34. The number of sulfone groups is 1. The average molecular weight is 333 g/mol. The van der Waals surface area contributed by atoms with Gasteiger partial charge < -0.3 is 10.2 Å². The highest BCUT2D eigenvalue weighted by atomic mass is 35.5. The van der Waals surface area contributed by atoms with Gasteiger partial charge in [0.25, 0.3) is 5.91 Å². The van der Waals surface area contributed by atoms with E-state index in [2.05, 4.69) is 5.32 Å². The summed E-state index contributed by atoms with van der Waals surface area (Å²) in [7, 11) is -3.21. The van der Waals surface area contributed by atoms with Gasteiger partial charge >= 0.3 is 0 Å². The van der Waals surface area contributed by atoms with Gasteiger partial charge in [0.05, 0.1) is 10.6 Å². The fourth-order valence-electron chi connectivity index (χ4n) is 2.28. The molecule has 1 heterocycles. The van der Waals surface area contributed by atoms with Crippen LogP contribution in [0.25, 0.3) is 0 Å². The number of nitrogens with zero attached hydrogens (tertiary/aromatic N) is 1. The minimum atomic E-state index is -3.21. The van der Waals surface area contributed by atoms with Gasteiger partial charge in [0.15, 0.2) is 9.84 Å². The number of hydrogen-bond donors (Lipinski definition) is 1. The lowest BCUT2D eigenvalue weighted by Crippen LogP contribution is -2.52. The fourth-order valence-corrected chi connectivity index (χ4v) is 3.16. The van der Waals surface area contributed by atoms with Crippen LogP contribution < -0.4 is 5.32 Å². The number of rotatable bonds is 3. The third-order valence-corrected chi connectivity index (χ3v) is 5.35. The summed E-state index contributed by atoms with van der Waals surface area (Å²) in [4.78, 5) is 14.5. The van der Waals surface area contributed by atoms with E-state index >= 15 is 0 Å². The molecule has 0 aromatic heterocycles. The van der Waals surface area contributed by atoms with Crippen molar-refractivity contribution in [1.82, 2.24) is 10.2 Å². The summed E-state index contributed by atoms with van der Waals surface area (Å²) in [6, 6.07) is 6.37. The first kappa shape index (κ1) is 17.9. The lowest BCUT2D eigenvalue weighted by atomic mass is 10.1. The zero-order chi connectivity index (χ0) is 14.8. The Morgan fingerprint density at radius 2 is 1.95 bits per heavy atom. The molecule has 21 heavy (non-hydrogen) atoms. The molecular weight excluding hydrogens is 312 g/mol. The molecule has 1 saturated heterocycles. The van der Waals surface area contributed by atoms with E-state index in [0.29, 0.717) is 12.1 Å². The van der Waals surface area contributed by atoms with Crippen LogP contribution in [0.5, 0.6) is 0 Å². The van der Waals surface area contributed by atoms with Gasteiger partial charge in [-0.1, -0.05) is 6.92 Å². The number of halogens is 1. The molecule has 1 fully saturated rings. The molecule has 1 unspecified atom stereocenters. The first-order valence-electron chi connectivity index (χ1n) is 6.80. The summed E-state index contributed by atoms with van der Waals surface area (Å²) in [5, 5.41) is 3.23. The third kappa shape index (κ3) is 3.96. The quantitative estimate of drug-likeness (QED) is 0.907. The Morgan fingerprint density at radius 3 is 2.48 bits per heavy atom. The van der Waals surface area contributed by atoms with Crippen LogP contribution >= 0.6 is 12.4 Å². The van der Waals surface area contributed by atoms with Crippen LogP contribution in [-0.4, -0.2) is 50.7 Å². The molecule has 1 atom stereocenters. The molecule has 1 aliphatic rings. The summed E-state index contributed by atoms with van der Waals surface area (Å²) < 4.78 is 23.5. The van der Waals surface area contributed by atoms with Crippen molar-refractivity contribution in [2.45, 2.75) is 24.8 Å². The van der Waals surface area contributed by atoms with E-state index in [0.717, 1.165) is 13.1 Å².